The summed E-state index contributed by atoms with van der Waals surface area (Å²) in [6, 6.07) is 3.47. The third-order valence-electron chi connectivity index (χ3n) is 3.06. The second kappa shape index (κ2) is 4.22. The Kier molecular flexibility index (Phi) is 3.04. The summed E-state index contributed by atoms with van der Waals surface area (Å²) < 4.78 is 26.3. The summed E-state index contributed by atoms with van der Waals surface area (Å²) in [7, 11) is 0. The lowest BCUT2D eigenvalue weighted by Crippen LogP contribution is -2.24. The van der Waals surface area contributed by atoms with E-state index in [1.807, 2.05) is 13.8 Å². The average molecular weight is 238 g/mol. The fourth-order valence-corrected chi connectivity index (χ4v) is 2.44. The fourth-order valence-electron chi connectivity index (χ4n) is 2.44. The first-order chi connectivity index (χ1) is 7.85. The van der Waals surface area contributed by atoms with Gasteiger partial charge in [0.05, 0.1) is 6.10 Å². The van der Waals surface area contributed by atoms with Crippen molar-refractivity contribution in [1.82, 2.24) is 0 Å². The number of allylic oxidation sites excluding steroid dienone is 1. The van der Waals surface area contributed by atoms with Crippen molar-refractivity contribution in [2.24, 2.45) is 5.41 Å². The summed E-state index contributed by atoms with van der Waals surface area (Å²) in [5.41, 5.74) is 1.29. The number of hydrogen-bond acceptors (Lipinski definition) is 1. The minimum absolute atomic E-state index is 0.0493. The molecule has 1 N–H and O–H groups in total. The van der Waals surface area contributed by atoms with Gasteiger partial charge in [-0.05, 0) is 41.5 Å². The quantitative estimate of drug-likeness (QED) is 0.793. The number of rotatable bonds is 1. The molecular weight excluding hydrogens is 222 g/mol. The molecule has 0 amide bonds. The highest BCUT2D eigenvalue weighted by Gasteiger charge is 2.28. The number of halogens is 2. The number of aliphatic hydroxyl groups is 1. The third-order valence-corrected chi connectivity index (χ3v) is 3.06. The predicted octanol–water partition coefficient (Wildman–Crippen LogP) is 3.53. The van der Waals surface area contributed by atoms with E-state index in [1.165, 1.54) is 12.1 Å². The molecule has 3 heteroatoms. The van der Waals surface area contributed by atoms with E-state index in [9.17, 15) is 13.9 Å². The molecule has 0 fully saturated rings. The maximum absolute atomic E-state index is 13.1. The van der Waals surface area contributed by atoms with Crippen molar-refractivity contribution >= 4 is 5.57 Å². The molecule has 1 unspecified atom stereocenters. The first-order valence-corrected chi connectivity index (χ1v) is 5.71. The SMILES string of the molecule is CC1(C)CC(c2cc(F)cc(F)c2)=CC(O)C1. The second-order valence-corrected chi connectivity index (χ2v) is 5.46. The van der Waals surface area contributed by atoms with Crippen molar-refractivity contribution in [3.8, 4) is 0 Å². The van der Waals surface area contributed by atoms with Crippen molar-refractivity contribution in [2.75, 3.05) is 0 Å². The Hall–Kier alpha value is -1.22. The van der Waals surface area contributed by atoms with Crippen LogP contribution in [0.1, 0.15) is 32.3 Å². The van der Waals surface area contributed by atoms with E-state index < -0.39 is 17.7 Å². The van der Waals surface area contributed by atoms with Gasteiger partial charge in [0.2, 0.25) is 0 Å². The molecule has 1 aromatic rings. The van der Waals surface area contributed by atoms with Gasteiger partial charge in [-0.15, -0.1) is 0 Å². The van der Waals surface area contributed by atoms with Gasteiger partial charge in [-0.3, -0.25) is 0 Å². The average Bonchev–Trinajstić information content (AvgIpc) is 2.12. The monoisotopic (exact) mass is 238 g/mol. The standard InChI is InChI=1S/C14H16F2O/c1-14(2)7-10(5-13(17)8-14)9-3-11(15)6-12(16)4-9/h3-6,13,17H,7-8H2,1-2H3. The molecule has 17 heavy (non-hydrogen) atoms. The van der Waals surface area contributed by atoms with Crippen LogP contribution in [0.5, 0.6) is 0 Å². The van der Waals surface area contributed by atoms with Crippen molar-refractivity contribution in [3.05, 3.63) is 41.5 Å². The van der Waals surface area contributed by atoms with Gasteiger partial charge in [-0.1, -0.05) is 19.9 Å². The Bertz CT molecular complexity index is 443. The van der Waals surface area contributed by atoms with Crippen molar-refractivity contribution in [2.45, 2.75) is 32.8 Å². The van der Waals surface area contributed by atoms with Gasteiger partial charge < -0.3 is 5.11 Å². The molecule has 1 aliphatic rings. The summed E-state index contributed by atoms with van der Waals surface area (Å²) >= 11 is 0. The van der Waals surface area contributed by atoms with Crippen LogP contribution in [0, 0.1) is 17.0 Å². The Morgan fingerprint density at radius 1 is 1.18 bits per heavy atom. The fraction of sp³-hybridized carbons (Fsp3) is 0.429. The van der Waals surface area contributed by atoms with E-state index >= 15 is 0 Å². The zero-order valence-corrected chi connectivity index (χ0v) is 10.0. The topological polar surface area (TPSA) is 20.2 Å². The summed E-state index contributed by atoms with van der Waals surface area (Å²) in [4.78, 5) is 0. The molecular formula is C14H16F2O. The van der Waals surface area contributed by atoms with E-state index in [-0.39, 0.29) is 5.41 Å². The van der Waals surface area contributed by atoms with Crippen LogP contribution in [-0.4, -0.2) is 11.2 Å². The summed E-state index contributed by atoms with van der Waals surface area (Å²) in [6.07, 6.45) is 2.54. The van der Waals surface area contributed by atoms with E-state index in [0.717, 1.165) is 11.6 Å². The first-order valence-electron chi connectivity index (χ1n) is 5.71. The Balaban J connectivity index is 2.39. The van der Waals surface area contributed by atoms with Crippen LogP contribution in [0.15, 0.2) is 24.3 Å². The normalized spacial score (nSPS) is 23.4. The van der Waals surface area contributed by atoms with Crippen molar-refractivity contribution in [3.63, 3.8) is 0 Å². The number of hydrogen-bond donors (Lipinski definition) is 1. The predicted molar refractivity (Wildman–Crippen MR) is 63.4 cm³/mol. The van der Waals surface area contributed by atoms with Gasteiger partial charge in [0.15, 0.2) is 0 Å². The lowest BCUT2D eigenvalue weighted by molar-refractivity contribution is 0.146. The van der Waals surface area contributed by atoms with Crippen molar-refractivity contribution in [1.29, 1.82) is 0 Å². The van der Waals surface area contributed by atoms with Crippen LogP contribution < -0.4 is 0 Å². The van der Waals surface area contributed by atoms with Gasteiger partial charge in [0.1, 0.15) is 11.6 Å². The zero-order chi connectivity index (χ0) is 12.6. The van der Waals surface area contributed by atoms with Gasteiger partial charge in [0.25, 0.3) is 0 Å². The zero-order valence-electron chi connectivity index (χ0n) is 10.0. The maximum atomic E-state index is 13.1. The van der Waals surface area contributed by atoms with Crippen LogP contribution >= 0.6 is 0 Å². The molecule has 0 aliphatic heterocycles. The first kappa shape index (κ1) is 12.2. The summed E-state index contributed by atoms with van der Waals surface area (Å²) in [6.45, 7) is 4.08. The second-order valence-electron chi connectivity index (χ2n) is 5.46. The van der Waals surface area contributed by atoms with Crippen LogP contribution in [-0.2, 0) is 0 Å². The maximum Gasteiger partial charge on any atom is 0.126 e. The van der Waals surface area contributed by atoms with Crippen LogP contribution in [0.3, 0.4) is 0 Å². The van der Waals surface area contributed by atoms with Crippen LogP contribution in [0.4, 0.5) is 8.78 Å². The van der Waals surface area contributed by atoms with Crippen molar-refractivity contribution < 1.29 is 13.9 Å². The van der Waals surface area contributed by atoms with Gasteiger partial charge in [0, 0.05) is 6.07 Å². The summed E-state index contributed by atoms with van der Waals surface area (Å²) in [5, 5.41) is 9.75. The minimum atomic E-state index is -0.584. The molecule has 1 aliphatic carbocycles. The molecule has 1 atom stereocenters. The molecule has 0 radical (unpaired) electrons. The highest BCUT2D eigenvalue weighted by atomic mass is 19.1. The Morgan fingerprint density at radius 2 is 1.76 bits per heavy atom. The molecule has 0 aromatic heterocycles. The molecule has 2 rings (SSSR count). The third kappa shape index (κ3) is 2.91. The highest BCUT2D eigenvalue weighted by Crippen LogP contribution is 2.39. The Labute approximate surface area is 99.8 Å². The molecule has 0 spiro atoms. The molecule has 0 saturated heterocycles. The molecule has 92 valence electrons. The van der Waals surface area contributed by atoms with Gasteiger partial charge in [-0.2, -0.15) is 0 Å². The molecule has 0 heterocycles. The molecule has 0 bridgehead atoms. The molecule has 1 nitrogen and oxygen atoms in total. The van der Waals surface area contributed by atoms with E-state index in [2.05, 4.69) is 0 Å². The lowest BCUT2D eigenvalue weighted by Gasteiger charge is -2.32. The van der Waals surface area contributed by atoms with E-state index in [4.69, 9.17) is 0 Å². The van der Waals surface area contributed by atoms with E-state index in [0.29, 0.717) is 18.4 Å². The van der Waals surface area contributed by atoms with Crippen LogP contribution in [0.2, 0.25) is 0 Å². The Morgan fingerprint density at radius 3 is 2.29 bits per heavy atom. The van der Waals surface area contributed by atoms with E-state index in [1.54, 1.807) is 6.08 Å². The lowest BCUT2D eigenvalue weighted by atomic mass is 9.74. The van der Waals surface area contributed by atoms with Gasteiger partial charge >= 0.3 is 0 Å². The minimum Gasteiger partial charge on any atom is -0.389 e. The van der Waals surface area contributed by atoms with Gasteiger partial charge in [-0.25, -0.2) is 8.78 Å². The summed E-state index contributed by atoms with van der Waals surface area (Å²) in [5.74, 6) is -1.17. The number of benzene rings is 1. The molecule has 0 saturated carbocycles. The highest BCUT2D eigenvalue weighted by molar-refractivity contribution is 5.67. The molecule has 1 aromatic carbocycles. The smallest absolute Gasteiger partial charge is 0.126 e. The number of aliphatic hydroxyl groups excluding tert-OH is 1. The van der Waals surface area contributed by atoms with Crippen LogP contribution in [0.25, 0.3) is 5.57 Å². The largest absolute Gasteiger partial charge is 0.389 e.